The summed E-state index contributed by atoms with van der Waals surface area (Å²) in [5.41, 5.74) is 4.82. The topological polar surface area (TPSA) is 46.6 Å². The molecule has 2 aliphatic rings. The number of benzene rings is 1. The number of hydrogen-bond acceptors (Lipinski definition) is 4. The predicted octanol–water partition coefficient (Wildman–Crippen LogP) is 5.44. The second-order valence-electron chi connectivity index (χ2n) is 8.56. The number of rotatable bonds is 7. The van der Waals surface area contributed by atoms with E-state index in [4.69, 9.17) is 4.74 Å². The Bertz CT molecular complexity index is 859. The lowest BCUT2D eigenvalue weighted by Gasteiger charge is -2.29. The number of nitrogens with zero attached hydrogens (tertiary/aromatic N) is 1. The monoisotopic (exact) mass is 395 g/mol. The summed E-state index contributed by atoms with van der Waals surface area (Å²) in [6, 6.07) is 4.40. The molecule has 0 heterocycles. The maximum atomic E-state index is 13.1. The third-order valence-corrected chi connectivity index (χ3v) is 6.52. The van der Waals surface area contributed by atoms with E-state index in [1.807, 2.05) is 39.0 Å². The smallest absolute Gasteiger partial charge is 0.163 e. The molecule has 1 aromatic carbocycles. The van der Waals surface area contributed by atoms with Gasteiger partial charge in [-0.3, -0.25) is 9.59 Å². The molecule has 0 saturated heterocycles. The minimum Gasteiger partial charge on any atom is -0.497 e. The van der Waals surface area contributed by atoms with Crippen molar-refractivity contribution in [2.45, 2.75) is 65.3 Å². The number of allylic oxidation sites excluding steroid dienone is 4. The van der Waals surface area contributed by atoms with Gasteiger partial charge in [-0.1, -0.05) is 24.5 Å². The van der Waals surface area contributed by atoms with Gasteiger partial charge < -0.3 is 9.64 Å². The minimum atomic E-state index is -0.186. The Morgan fingerprint density at radius 1 is 1.14 bits per heavy atom. The van der Waals surface area contributed by atoms with Crippen molar-refractivity contribution in [3.05, 3.63) is 46.6 Å². The molecule has 1 aromatic rings. The van der Waals surface area contributed by atoms with Crippen LogP contribution in [0.25, 0.3) is 0 Å². The molecule has 0 radical (unpaired) electrons. The lowest BCUT2D eigenvalue weighted by Crippen LogP contribution is -2.29. The van der Waals surface area contributed by atoms with E-state index in [0.717, 1.165) is 22.4 Å². The van der Waals surface area contributed by atoms with Crippen molar-refractivity contribution in [1.82, 2.24) is 0 Å². The van der Waals surface area contributed by atoms with E-state index in [0.29, 0.717) is 30.2 Å². The molecule has 1 saturated carbocycles. The third-order valence-electron chi connectivity index (χ3n) is 6.52. The summed E-state index contributed by atoms with van der Waals surface area (Å²) in [5.74, 6) is 0.713. The van der Waals surface area contributed by atoms with Gasteiger partial charge >= 0.3 is 0 Å². The van der Waals surface area contributed by atoms with Crippen molar-refractivity contribution >= 4 is 17.3 Å². The standard InChI is InChI=1S/C25H33NO3/c1-16-12-17(2)21(25(28)13-16)10-11-24(27)22-14-20(29-5)15-23(18(22)3)26(4)19-8-6-7-9-19/h12-15,19,21H,6-11H2,1-5H3. The normalized spacial score (nSPS) is 19.8. The van der Waals surface area contributed by atoms with Crippen LogP contribution in [-0.2, 0) is 4.79 Å². The van der Waals surface area contributed by atoms with E-state index in [-0.39, 0.29) is 17.5 Å². The zero-order valence-corrected chi connectivity index (χ0v) is 18.4. The van der Waals surface area contributed by atoms with Crippen molar-refractivity contribution in [3.63, 3.8) is 0 Å². The fraction of sp³-hybridized carbons (Fsp3) is 0.520. The molecule has 0 spiro atoms. The Balaban J connectivity index is 1.80. The number of carbonyl (C=O) groups is 2. The van der Waals surface area contributed by atoms with Gasteiger partial charge in [0.2, 0.25) is 0 Å². The van der Waals surface area contributed by atoms with E-state index >= 15 is 0 Å². The van der Waals surface area contributed by atoms with Gasteiger partial charge in [0.25, 0.3) is 0 Å². The maximum absolute atomic E-state index is 13.1. The molecule has 0 aliphatic heterocycles. The summed E-state index contributed by atoms with van der Waals surface area (Å²) in [5, 5.41) is 0. The molecule has 1 unspecified atom stereocenters. The van der Waals surface area contributed by atoms with E-state index in [1.54, 1.807) is 13.2 Å². The fourth-order valence-electron chi connectivity index (χ4n) is 4.77. The quantitative estimate of drug-likeness (QED) is 0.577. The highest BCUT2D eigenvalue weighted by Gasteiger charge is 2.26. The highest BCUT2D eigenvalue weighted by atomic mass is 16.5. The minimum absolute atomic E-state index is 0.0781. The van der Waals surface area contributed by atoms with Crippen molar-refractivity contribution in [3.8, 4) is 5.75 Å². The van der Waals surface area contributed by atoms with Gasteiger partial charge in [-0.15, -0.1) is 0 Å². The first kappa shape index (κ1) is 21.4. The van der Waals surface area contributed by atoms with Crippen LogP contribution in [0, 0.1) is 12.8 Å². The van der Waals surface area contributed by atoms with Crippen LogP contribution < -0.4 is 9.64 Å². The molecular weight excluding hydrogens is 362 g/mol. The van der Waals surface area contributed by atoms with E-state index < -0.39 is 0 Å². The van der Waals surface area contributed by atoms with Gasteiger partial charge in [0.1, 0.15) is 5.75 Å². The summed E-state index contributed by atoms with van der Waals surface area (Å²) in [6.07, 6.45) is 9.55. The van der Waals surface area contributed by atoms with Gasteiger partial charge in [0.05, 0.1) is 7.11 Å². The first-order chi connectivity index (χ1) is 13.8. The van der Waals surface area contributed by atoms with Crippen molar-refractivity contribution in [2.24, 2.45) is 5.92 Å². The molecule has 3 rings (SSSR count). The molecular formula is C25H33NO3. The molecule has 29 heavy (non-hydrogen) atoms. The number of Topliss-reactive ketones (excluding diaryl/α,β-unsaturated/α-hetero) is 1. The second kappa shape index (κ2) is 8.98. The lowest BCUT2D eigenvalue weighted by molar-refractivity contribution is -0.117. The second-order valence-corrected chi connectivity index (χ2v) is 8.56. The van der Waals surface area contributed by atoms with Crippen LogP contribution in [0.2, 0.25) is 0 Å². The number of ether oxygens (including phenoxy) is 1. The number of ketones is 2. The van der Waals surface area contributed by atoms with Gasteiger partial charge in [-0.2, -0.15) is 0 Å². The first-order valence-corrected chi connectivity index (χ1v) is 10.7. The third kappa shape index (κ3) is 4.63. The largest absolute Gasteiger partial charge is 0.497 e. The van der Waals surface area contributed by atoms with Crippen LogP contribution in [0.3, 0.4) is 0 Å². The summed E-state index contributed by atoms with van der Waals surface area (Å²) < 4.78 is 5.50. The van der Waals surface area contributed by atoms with E-state index in [2.05, 4.69) is 11.9 Å². The summed E-state index contributed by atoms with van der Waals surface area (Å²) in [6.45, 7) is 5.94. The molecule has 4 heteroatoms. The average Bonchev–Trinajstić information content (AvgIpc) is 3.21. The molecule has 2 aliphatic carbocycles. The molecule has 4 nitrogen and oxygen atoms in total. The fourth-order valence-corrected chi connectivity index (χ4v) is 4.77. The molecule has 0 amide bonds. The van der Waals surface area contributed by atoms with Crippen molar-refractivity contribution in [1.29, 1.82) is 0 Å². The molecule has 0 bridgehead atoms. The van der Waals surface area contributed by atoms with Crippen LogP contribution in [-0.4, -0.2) is 31.8 Å². The highest BCUT2D eigenvalue weighted by Crippen LogP contribution is 2.34. The Morgan fingerprint density at radius 3 is 2.45 bits per heavy atom. The average molecular weight is 396 g/mol. The molecule has 156 valence electrons. The first-order valence-electron chi connectivity index (χ1n) is 10.7. The molecule has 0 N–H and O–H groups in total. The van der Waals surface area contributed by atoms with Crippen LogP contribution in [0.15, 0.2) is 35.4 Å². The number of methoxy groups -OCH3 is 1. The molecule has 1 atom stereocenters. The van der Waals surface area contributed by atoms with Gasteiger partial charge in [-0.05, 0) is 63.3 Å². The zero-order chi connectivity index (χ0) is 21.1. The van der Waals surface area contributed by atoms with E-state index in [1.165, 1.54) is 25.7 Å². The zero-order valence-electron chi connectivity index (χ0n) is 18.4. The van der Waals surface area contributed by atoms with Crippen LogP contribution in [0.5, 0.6) is 5.75 Å². The molecule has 1 fully saturated rings. The van der Waals surface area contributed by atoms with Gasteiger partial charge in [0.15, 0.2) is 11.6 Å². The highest BCUT2D eigenvalue weighted by molar-refractivity contribution is 6.00. The van der Waals surface area contributed by atoms with Gasteiger partial charge in [-0.25, -0.2) is 0 Å². The number of carbonyl (C=O) groups excluding carboxylic acids is 2. The van der Waals surface area contributed by atoms with Crippen molar-refractivity contribution in [2.75, 3.05) is 19.1 Å². The van der Waals surface area contributed by atoms with Crippen LogP contribution >= 0.6 is 0 Å². The predicted molar refractivity (Wildman–Crippen MR) is 118 cm³/mol. The number of anilines is 1. The summed E-state index contributed by atoms with van der Waals surface area (Å²) in [4.78, 5) is 27.8. The summed E-state index contributed by atoms with van der Waals surface area (Å²) >= 11 is 0. The molecule has 0 aromatic heterocycles. The van der Waals surface area contributed by atoms with Crippen molar-refractivity contribution < 1.29 is 14.3 Å². The summed E-state index contributed by atoms with van der Waals surface area (Å²) in [7, 11) is 3.76. The van der Waals surface area contributed by atoms with E-state index in [9.17, 15) is 9.59 Å². The van der Waals surface area contributed by atoms with Gasteiger partial charge in [0, 0.05) is 42.7 Å². The SMILES string of the molecule is COc1cc(C(=O)CCC2C(=O)C=C(C)C=C2C)c(C)c(N(C)C2CCCC2)c1. The maximum Gasteiger partial charge on any atom is 0.163 e. The number of hydrogen-bond donors (Lipinski definition) is 0. The Morgan fingerprint density at radius 2 is 1.83 bits per heavy atom. The van der Waals surface area contributed by atoms with Crippen LogP contribution in [0.4, 0.5) is 5.69 Å². The lowest BCUT2D eigenvalue weighted by atomic mass is 9.84. The Labute approximate surface area is 174 Å². The van der Waals surface area contributed by atoms with Crippen LogP contribution in [0.1, 0.15) is 68.3 Å². The Hall–Kier alpha value is -2.36. The Kier molecular flexibility index (Phi) is 6.61.